The van der Waals surface area contributed by atoms with Gasteiger partial charge in [-0.1, -0.05) is 23.7 Å². The van der Waals surface area contributed by atoms with Gasteiger partial charge in [-0.15, -0.1) is 0 Å². The third-order valence-electron chi connectivity index (χ3n) is 2.56. The lowest BCUT2D eigenvalue weighted by atomic mass is 10.1. The van der Waals surface area contributed by atoms with Crippen LogP contribution < -0.4 is 0 Å². The van der Waals surface area contributed by atoms with Crippen molar-refractivity contribution in [3.8, 4) is 0 Å². The molecule has 1 aliphatic heterocycles. The van der Waals surface area contributed by atoms with E-state index in [-0.39, 0.29) is 13.0 Å². The number of hydrogen-bond donors (Lipinski definition) is 1. The molecule has 0 unspecified atom stereocenters. The molecule has 0 bridgehead atoms. The highest BCUT2D eigenvalue weighted by Crippen LogP contribution is 2.22. The van der Waals surface area contributed by atoms with Gasteiger partial charge in [-0.05, 0) is 24.1 Å². The van der Waals surface area contributed by atoms with Gasteiger partial charge in [0.2, 0.25) is 0 Å². The largest absolute Gasteiger partial charge is 0.464 e. The van der Waals surface area contributed by atoms with Crippen molar-refractivity contribution in [1.29, 1.82) is 0 Å². The third-order valence-corrected chi connectivity index (χ3v) is 4.18. The molecule has 1 heterocycles. The van der Waals surface area contributed by atoms with E-state index in [4.69, 9.17) is 16.7 Å². The molecule has 8 heteroatoms. The second-order valence-electron chi connectivity index (χ2n) is 3.81. The maximum Gasteiger partial charge on any atom is 0.423 e. The number of rotatable bonds is 2. The van der Waals surface area contributed by atoms with Crippen molar-refractivity contribution >= 4 is 28.0 Å². The van der Waals surface area contributed by atoms with Crippen LogP contribution in [0.3, 0.4) is 0 Å². The van der Waals surface area contributed by atoms with E-state index in [1.54, 1.807) is 24.3 Å². The normalized spacial score (nSPS) is 22.1. The highest BCUT2D eigenvalue weighted by atomic mass is 35.5. The predicted molar refractivity (Wildman–Crippen MR) is 63.7 cm³/mol. The van der Waals surface area contributed by atoms with E-state index in [0.717, 1.165) is 5.56 Å². The molecule has 1 atom stereocenters. The van der Waals surface area contributed by atoms with Crippen LogP contribution in [0.1, 0.15) is 5.56 Å². The van der Waals surface area contributed by atoms with Gasteiger partial charge in [-0.3, -0.25) is 4.18 Å². The van der Waals surface area contributed by atoms with Crippen molar-refractivity contribution in [1.82, 2.24) is 4.31 Å². The van der Waals surface area contributed by atoms with Crippen molar-refractivity contribution in [2.45, 2.75) is 12.5 Å². The molecular formula is C10H10ClNO5S. The SMILES string of the molecule is O=C(O)N1[C@@H](Cc2ccc(Cl)cc2)COS1(=O)=O. The third kappa shape index (κ3) is 2.58. The average Bonchev–Trinajstić information content (AvgIpc) is 2.57. The Balaban J connectivity index is 2.19. The summed E-state index contributed by atoms with van der Waals surface area (Å²) in [6, 6.07) is 6.01. The van der Waals surface area contributed by atoms with Crippen LogP contribution in [0.2, 0.25) is 5.02 Å². The number of benzene rings is 1. The molecule has 0 saturated carbocycles. The first-order valence-electron chi connectivity index (χ1n) is 5.06. The molecule has 1 aromatic carbocycles. The Bertz CT molecular complexity index is 556. The van der Waals surface area contributed by atoms with E-state index < -0.39 is 22.4 Å². The standard InChI is InChI=1S/C10H10ClNO5S/c11-8-3-1-7(2-4-8)5-9-6-17-18(15,16)12(9)10(13)14/h1-4,9H,5-6H2,(H,13,14)/t9-/m0/s1. The summed E-state index contributed by atoms with van der Waals surface area (Å²) in [5.41, 5.74) is 0.788. The lowest BCUT2D eigenvalue weighted by Gasteiger charge is -2.17. The number of nitrogens with zero attached hydrogens (tertiary/aromatic N) is 1. The van der Waals surface area contributed by atoms with Crippen molar-refractivity contribution < 1.29 is 22.5 Å². The van der Waals surface area contributed by atoms with E-state index in [9.17, 15) is 13.2 Å². The fourth-order valence-corrected chi connectivity index (χ4v) is 3.02. The molecule has 1 aliphatic rings. The monoisotopic (exact) mass is 291 g/mol. The van der Waals surface area contributed by atoms with E-state index in [1.165, 1.54) is 0 Å². The number of amides is 1. The van der Waals surface area contributed by atoms with E-state index in [0.29, 0.717) is 9.33 Å². The van der Waals surface area contributed by atoms with Gasteiger partial charge < -0.3 is 5.11 Å². The highest BCUT2D eigenvalue weighted by Gasteiger charge is 2.42. The molecule has 1 amide bonds. The van der Waals surface area contributed by atoms with Crippen LogP contribution in [-0.4, -0.2) is 36.6 Å². The second kappa shape index (κ2) is 4.75. The minimum atomic E-state index is -4.16. The summed E-state index contributed by atoms with van der Waals surface area (Å²) in [5, 5.41) is 9.45. The Morgan fingerprint density at radius 1 is 1.44 bits per heavy atom. The first-order chi connectivity index (χ1) is 8.40. The summed E-state index contributed by atoms with van der Waals surface area (Å²) < 4.78 is 27.6. The summed E-state index contributed by atoms with van der Waals surface area (Å²) in [5.74, 6) is 0. The molecule has 2 rings (SSSR count). The van der Waals surface area contributed by atoms with Crippen LogP contribution in [0, 0.1) is 0 Å². The summed E-state index contributed by atoms with van der Waals surface area (Å²) in [6.45, 7) is -0.169. The highest BCUT2D eigenvalue weighted by molar-refractivity contribution is 7.85. The minimum Gasteiger partial charge on any atom is -0.464 e. The number of carbonyl (C=O) groups is 1. The van der Waals surface area contributed by atoms with Gasteiger partial charge in [0.25, 0.3) is 0 Å². The summed E-state index contributed by atoms with van der Waals surface area (Å²) in [4.78, 5) is 10.9. The molecule has 1 aromatic rings. The quantitative estimate of drug-likeness (QED) is 0.893. The summed E-state index contributed by atoms with van der Waals surface area (Å²) in [7, 11) is -4.16. The molecule has 0 aromatic heterocycles. The summed E-state index contributed by atoms with van der Waals surface area (Å²) >= 11 is 5.73. The maximum atomic E-state index is 11.4. The Morgan fingerprint density at radius 3 is 2.61 bits per heavy atom. The zero-order chi connectivity index (χ0) is 13.3. The van der Waals surface area contributed by atoms with Gasteiger partial charge in [0.05, 0.1) is 12.6 Å². The minimum absolute atomic E-state index is 0.169. The summed E-state index contributed by atoms with van der Waals surface area (Å²) in [6.07, 6.45) is -1.28. The Kier molecular flexibility index (Phi) is 3.47. The molecule has 1 fully saturated rings. The molecule has 0 spiro atoms. The van der Waals surface area contributed by atoms with Crippen LogP contribution in [0.15, 0.2) is 24.3 Å². The fourth-order valence-electron chi connectivity index (χ4n) is 1.76. The zero-order valence-electron chi connectivity index (χ0n) is 9.11. The van der Waals surface area contributed by atoms with Crippen LogP contribution in [0.25, 0.3) is 0 Å². The van der Waals surface area contributed by atoms with Crippen LogP contribution in [0.5, 0.6) is 0 Å². The Morgan fingerprint density at radius 2 is 2.06 bits per heavy atom. The first kappa shape index (κ1) is 13.1. The predicted octanol–water partition coefficient (Wildman–Crippen LogP) is 1.51. The fraction of sp³-hybridized carbons (Fsp3) is 0.300. The van der Waals surface area contributed by atoms with Crippen molar-refractivity contribution in [3.05, 3.63) is 34.9 Å². The maximum absolute atomic E-state index is 11.4. The van der Waals surface area contributed by atoms with Crippen LogP contribution in [0.4, 0.5) is 4.79 Å². The van der Waals surface area contributed by atoms with Gasteiger partial charge in [0, 0.05) is 5.02 Å². The molecule has 0 aliphatic carbocycles. The van der Waals surface area contributed by atoms with Gasteiger partial charge in [0.1, 0.15) is 0 Å². The van der Waals surface area contributed by atoms with Gasteiger partial charge in [-0.2, -0.15) is 12.7 Å². The van der Waals surface area contributed by atoms with Crippen molar-refractivity contribution in [3.63, 3.8) is 0 Å². The zero-order valence-corrected chi connectivity index (χ0v) is 10.7. The topological polar surface area (TPSA) is 83.9 Å². The molecular weight excluding hydrogens is 282 g/mol. The molecule has 1 saturated heterocycles. The van der Waals surface area contributed by atoms with Crippen molar-refractivity contribution in [2.75, 3.05) is 6.61 Å². The van der Waals surface area contributed by atoms with Crippen molar-refractivity contribution in [2.24, 2.45) is 0 Å². The Hall–Kier alpha value is -1.31. The molecule has 1 N–H and O–H groups in total. The lowest BCUT2D eigenvalue weighted by molar-refractivity contribution is 0.164. The van der Waals surface area contributed by atoms with Gasteiger partial charge >= 0.3 is 16.4 Å². The molecule has 0 radical (unpaired) electrons. The molecule has 18 heavy (non-hydrogen) atoms. The van der Waals surface area contributed by atoms with Gasteiger partial charge in [-0.25, -0.2) is 4.79 Å². The number of hydrogen-bond acceptors (Lipinski definition) is 4. The van der Waals surface area contributed by atoms with E-state index in [2.05, 4.69) is 4.18 Å². The number of halogens is 1. The first-order valence-corrected chi connectivity index (χ1v) is 6.80. The van der Waals surface area contributed by atoms with Crippen LogP contribution in [-0.2, 0) is 20.9 Å². The van der Waals surface area contributed by atoms with Crippen LogP contribution >= 0.6 is 11.6 Å². The molecule has 98 valence electrons. The van der Waals surface area contributed by atoms with Gasteiger partial charge in [0.15, 0.2) is 0 Å². The second-order valence-corrected chi connectivity index (χ2v) is 5.73. The average molecular weight is 292 g/mol. The Labute approximate surface area is 109 Å². The smallest absolute Gasteiger partial charge is 0.423 e. The van der Waals surface area contributed by atoms with E-state index in [1.807, 2.05) is 0 Å². The number of carboxylic acid groups (broad SMARTS) is 1. The molecule has 6 nitrogen and oxygen atoms in total. The van der Waals surface area contributed by atoms with E-state index >= 15 is 0 Å². The lowest BCUT2D eigenvalue weighted by Crippen LogP contribution is -2.39.